The van der Waals surface area contributed by atoms with Crippen LogP contribution in [0.3, 0.4) is 0 Å². The molecule has 5 heteroatoms. The molecule has 0 heterocycles. The Morgan fingerprint density at radius 2 is 0.875 bits per heavy atom. The average molecular weight is 472 g/mol. The summed E-state index contributed by atoms with van der Waals surface area (Å²) in [6.07, 6.45) is 8.08. The lowest BCUT2D eigenvalue weighted by atomic mass is 9.76. The van der Waals surface area contributed by atoms with Crippen LogP contribution in [0.5, 0.6) is 0 Å². The van der Waals surface area contributed by atoms with Crippen molar-refractivity contribution in [2.24, 2.45) is 5.41 Å². The van der Waals surface area contributed by atoms with Crippen LogP contribution in [0.2, 0.25) is 19.1 Å². The highest BCUT2D eigenvalue weighted by atomic mass is 28.4. The Hall–Kier alpha value is 0.0569. The predicted octanol–water partition coefficient (Wildman–Crippen LogP) is 6.58. The smallest absolute Gasteiger partial charge is 0.187 e. The van der Waals surface area contributed by atoms with Gasteiger partial charge in [-0.1, -0.05) is 41.5 Å². The van der Waals surface area contributed by atoms with Crippen molar-refractivity contribution < 1.29 is 4.43 Å². The van der Waals surface area contributed by atoms with Gasteiger partial charge in [-0.3, -0.25) is 0 Å². The van der Waals surface area contributed by atoms with E-state index in [1.165, 1.54) is 103 Å². The van der Waals surface area contributed by atoms with E-state index in [1.54, 1.807) is 0 Å². The minimum atomic E-state index is -1.66. The Bertz CT molecular complexity index is 376. The molecule has 32 heavy (non-hydrogen) atoms. The summed E-state index contributed by atoms with van der Waals surface area (Å²) in [7, 11) is -1.66. The van der Waals surface area contributed by atoms with Crippen LogP contribution >= 0.6 is 0 Å². The number of hydrogen-bond acceptors (Lipinski definition) is 4. The Balaban J connectivity index is 5.49. The fourth-order valence-corrected chi connectivity index (χ4v) is 8.86. The van der Waals surface area contributed by atoms with E-state index in [0.29, 0.717) is 5.41 Å². The molecule has 0 aliphatic heterocycles. The van der Waals surface area contributed by atoms with Crippen molar-refractivity contribution in [1.82, 2.24) is 14.7 Å². The Morgan fingerprint density at radius 3 is 1.12 bits per heavy atom. The van der Waals surface area contributed by atoms with Crippen molar-refractivity contribution in [2.45, 2.75) is 106 Å². The SMILES string of the molecule is CCO[Si](C)(C)CC(CCCN(CC)CC)(CCCN(CC)CC)CCCN(CC)CC. The standard InChI is InChI=1S/C27H61N3OSi/c1-10-28(11-2)23-17-20-27(26-32(8,9)31-16-7,21-18-24-29(12-3)13-4)22-19-25-30(14-5)15-6/h10-26H2,1-9H3. The minimum Gasteiger partial charge on any atom is -0.418 e. The summed E-state index contributed by atoms with van der Waals surface area (Å²) in [6.45, 7) is 32.6. The Labute approximate surface area is 204 Å². The summed E-state index contributed by atoms with van der Waals surface area (Å²) in [6, 6.07) is 1.32. The first-order chi connectivity index (χ1) is 15.2. The van der Waals surface area contributed by atoms with Crippen LogP contribution in [-0.4, -0.2) is 88.5 Å². The van der Waals surface area contributed by atoms with Gasteiger partial charge in [-0.15, -0.1) is 0 Å². The fourth-order valence-electron chi connectivity index (χ4n) is 5.64. The maximum atomic E-state index is 6.40. The summed E-state index contributed by atoms with van der Waals surface area (Å²) in [5, 5.41) is 0. The maximum absolute atomic E-state index is 6.40. The third-order valence-electron chi connectivity index (χ3n) is 7.56. The van der Waals surface area contributed by atoms with E-state index in [4.69, 9.17) is 4.43 Å². The van der Waals surface area contributed by atoms with Gasteiger partial charge in [0, 0.05) is 6.61 Å². The van der Waals surface area contributed by atoms with E-state index in [0.717, 1.165) is 6.61 Å². The van der Waals surface area contributed by atoms with Crippen LogP contribution in [-0.2, 0) is 4.43 Å². The molecule has 0 atom stereocenters. The molecule has 0 unspecified atom stereocenters. The van der Waals surface area contributed by atoms with Crippen LogP contribution in [0.25, 0.3) is 0 Å². The molecule has 0 aliphatic carbocycles. The molecule has 4 nitrogen and oxygen atoms in total. The first-order valence-electron chi connectivity index (χ1n) is 14.1. The quantitative estimate of drug-likeness (QED) is 0.166. The molecule has 0 bridgehead atoms. The van der Waals surface area contributed by atoms with Crippen molar-refractivity contribution in [3.63, 3.8) is 0 Å². The second-order valence-corrected chi connectivity index (χ2v) is 14.4. The van der Waals surface area contributed by atoms with Crippen molar-refractivity contribution in [3.05, 3.63) is 0 Å². The highest BCUT2D eigenvalue weighted by Gasteiger charge is 2.37. The van der Waals surface area contributed by atoms with Crippen LogP contribution in [0, 0.1) is 5.41 Å². The van der Waals surface area contributed by atoms with Crippen LogP contribution in [0.15, 0.2) is 0 Å². The second kappa shape index (κ2) is 18.4. The molecule has 0 fully saturated rings. The van der Waals surface area contributed by atoms with Gasteiger partial charge < -0.3 is 19.1 Å². The minimum absolute atomic E-state index is 0.443. The molecule has 0 N–H and O–H groups in total. The number of rotatable bonds is 22. The highest BCUT2D eigenvalue weighted by Crippen LogP contribution is 2.43. The van der Waals surface area contributed by atoms with Gasteiger partial charge in [-0.2, -0.15) is 0 Å². The van der Waals surface area contributed by atoms with E-state index in [1.807, 2.05) is 0 Å². The number of nitrogens with zero attached hydrogens (tertiary/aromatic N) is 3. The van der Waals surface area contributed by atoms with Crippen molar-refractivity contribution in [2.75, 3.05) is 65.5 Å². The molecule has 0 radical (unpaired) electrons. The van der Waals surface area contributed by atoms with Gasteiger partial charge in [0.1, 0.15) is 0 Å². The van der Waals surface area contributed by atoms with Gasteiger partial charge in [-0.05, 0) is 129 Å². The van der Waals surface area contributed by atoms with E-state index in [2.05, 4.69) is 76.3 Å². The second-order valence-electron chi connectivity index (χ2n) is 10.3. The first-order valence-corrected chi connectivity index (χ1v) is 17.2. The molecule has 0 saturated heterocycles. The lowest BCUT2D eigenvalue weighted by Gasteiger charge is -2.41. The van der Waals surface area contributed by atoms with Gasteiger partial charge in [0.2, 0.25) is 0 Å². The third-order valence-corrected chi connectivity index (χ3v) is 10.2. The monoisotopic (exact) mass is 471 g/mol. The predicted molar refractivity (Wildman–Crippen MR) is 147 cm³/mol. The Morgan fingerprint density at radius 1 is 0.562 bits per heavy atom. The van der Waals surface area contributed by atoms with Gasteiger partial charge in [-0.25, -0.2) is 0 Å². The lowest BCUT2D eigenvalue weighted by Crippen LogP contribution is -2.40. The molecule has 0 amide bonds. The average Bonchev–Trinajstić information content (AvgIpc) is 2.77. The highest BCUT2D eigenvalue weighted by molar-refractivity contribution is 6.71. The molecule has 0 spiro atoms. The van der Waals surface area contributed by atoms with Crippen LogP contribution in [0.1, 0.15) is 87.0 Å². The number of hydrogen-bond donors (Lipinski definition) is 0. The zero-order chi connectivity index (χ0) is 24.5. The lowest BCUT2D eigenvalue weighted by molar-refractivity contribution is 0.172. The van der Waals surface area contributed by atoms with Crippen LogP contribution in [0.4, 0.5) is 0 Å². The molecule has 194 valence electrons. The molecule has 0 aromatic heterocycles. The van der Waals surface area contributed by atoms with Gasteiger partial charge >= 0.3 is 0 Å². The van der Waals surface area contributed by atoms with E-state index < -0.39 is 8.32 Å². The molecule has 0 aliphatic rings. The topological polar surface area (TPSA) is 19.0 Å². The summed E-state index contributed by atoms with van der Waals surface area (Å²) >= 11 is 0. The molecular weight excluding hydrogens is 410 g/mol. The third kappa shape index (κ3) is 13.7. The van der Waals surface area contributed by atoms with Crippen molar-refractivity contribution in [1.29, 1.82) is 0 Å². The van der Waals surface area contributed by atoms with E-state index in [9.17, 15) is 0 Å². The fraction of sp³-hybridized carbons (Fsp3) is 1.00. The molecule has 0 aromatic rings. The molecule has 0 aromatic carbocycles. The van der Waals surface area contributed by atoms with E-state index in [-0.39, 0.29) is 0 Å². The summed E-state index contributed by atoms with van der Waals surface area (Å²) < 4.78 is 6.40. The normalized spacial score (nSPS) is 13.1. The molecule has 0 rings (SSSR count). The summed E-state index contributed by atoms with van der Waals surface area (Å²) in [5.41, 5.74) is 0.443. The largest absolute Gasteiger partial charge is 0.418 e. The van der Waals surface area contributed by atoms with Crippen molar-refractivity contribution >= 4 is 8.32 Å². The zero-order valence-corrected chi connectivity index (χ0v) is 24.8. The zero-order valence-electron chi connectivity index (χ0n) is 23.8. The summed E-state index contributed by atoms with van der Waals surface area (Å²) in [4.78, 5) is 7.80. The van der Waals surface area contributed by atoms with Gasteiger partial charge in [0.05, 0.1) is 0 Å². The van der Waals surface area contributed by atoms with E-state index >= 15 is 0 Å². The van der Waals surface area contributed by atoms with Crippen LogP contribution < -0.4 is 0 Å². The van der Waals surface area contributed by atoms with Gasteiger partial charge in [0.15, 0.2) is 8.32 Å². The molecule has 0 saturated carbocycles. The maximum Gasteiger partial charge on any atom is 0.187 e. The van der Waals surface area contributed by atoms with Crippen molar-refractivity contribution in [3.8, 4) is 0 Å². The Kier molecular flexibility index (Phi) is 18.4. The van der Waals surface area contributed by atoms with Gasteiger partial charge in [0.25, 0.3) is 0 Å². The summed E-state index contributed by atoms with van der Waals surface area (Å²) in [5.74, 6) is 0. The molecular formula is C27H61N3OSi. The first kappa shape index (κ1) is 32.1.